The van der Waals surface area contributed by atoms with E-state index in [9.17, 15) is 4.79 Å². The molecule has 3 nitrogen and oxygen atoms in total. The van der Waals surface area contributed by atoms with Crippen molar-refractivity contribution in [2.75, 3.05) is 6.61 Å². The van der Waals surface area contributed by atoms with Crippen LogP contribution in [0, 0.1) is 0 Å². The Morgan fingerprint density at radius 3 is 2.40 bits per heavy atom. The lowest BCUT2D eigenvalue weighted by atomic mass is 10.1. The van der Waals surface area contributed by atoms with Gasteiger partial charge in [0.2, 0.25) is 0 Å². The van der Waals surface area contributed by atoms with E-state index in [-0.39, 0.29) is 5.91 Å². The zero-order valence-electron chi connectivity index (χ0n) is 12.4. The third kappa shape index (κ3) is 4.55. The van der Waals surface area contributed by atoms with Crippen molar-refractivity contribution in [3.8, 4) is 5.75 Å². The molecule has 1 N–H and O–H groups in total. The van der Waals surface area contributed by atoms with Crippen molar-refractivity contribution < 1.29 is 9.53 Å². The van der Waals surface area contributed by atoms with Crippen molar-refractivity contribution in [1.82, 2.24) is 5.32 Å². The minimum atomic E-state index is 0.0407. The summed E-state index contributed by atoms with van der Waals surface area (Å²) in [5, 5.41) is 3.16. The summed E-state index contributed by atoms with van der Waals surface area (Å²) < 4.78 is 5.52. The molecule has 1 saturated carbocycles. The Bertz CT molecular complexity index is 406. The summed E-state index contributed by atoms with van der Waals surface area (Å²) in [6.07, 6.45) is 8.28. The molecule has 1 fully saturated rings. The maximum atomic E-state index is 12.2. The quantitative estimate of drug-likeness (QED) is 0.827. The molecule has 0 radical (unpaired) electrons. The second-order valence-electron chi connectivity index (χ2n) is 5.53. The van der Waals surface area contributed by atoms with Crippen LogP contribution >= 0.6 is 0 Å². The monoisotopic (exact) mass is 275 g/mol. The van der Waals surface area contributed by atoms with Gasteiger partial charge in [-0.1, -0.05) is 32.6 Å². The number of ether oxygens (including phenoxy) is 1. The highest BCUT2D eigenvalue weighted by Gasteiger charge is 2.15. The summed E-state index contributed by atoms with van der Waals surface area (Å²) in [5.41, 5.74) is 0.720. The van der Waals surface area contributed by atoms with E-state index in [1.807, 2.05) is 24.3 Å². The molecule has 0 heterocycles. The third-order valence-corrected chi connectivity index (χ3v) is 3.78. The second kappa shape index (κ2) is 7.93. The molecule has 1 aliphatic carbocycles. The Balaban J connectivity index is 1.88. The zero-order valence-corrected chi connectivity index (χ0v) is 12.4. The van der Waals surface area contributed by atoms with Crippen molar-refractivity contribution in [3.63, 3.8) is 0 Å². The predicted molar refractivity (Wildman–Crippen MR) is 81.2 cm³/mol. The fourth-order valence-corrected chi connectivity index (χ4v) is 2.61. The minimum absolute atomic E-state index is 0.0407. The molecular formula is C17H25NO2. The highest BCUT2D eigenvalue weighted by atomic mass is 16.5. The van der Waals surface area contributed by atoms with Gasteiger partial charge in [-0.05, 0) is 43.5 Å². The first kappa shape index (κ1) is 14.9. The molecule has 1 amide bonds. The molecular weight excluding hydrogens is 250 g/mol. The molecule has 1 aliphatic rings. The minimum Gasteiger partial charge on any atom is -0.494 e. The lowest BCUT2D eigenvalue weighted by Crippen LogP contribution is -2.34. The molecule has 0 saturated heterocycles. The Hall–Kier alpha value is -1.51. The number of amides is 1. The van der Waals surface area contributed by atoms with Gasteiger partial charge >= 0.3 is 0 Å². The standard InChI is InChI=1S/C17H25NO2/c1-2-13-20-16-11-9-14(10-12-16)17(19)18-15-7-5-3-4-6-8-15/h9-12,15H,2-8,13H2,1H3,(H,18,19). The van der Waals surface area contributed by atoms with Gasteiger partial charge in [-0.25, -0.2) is 0 Å². The maximum absolute atomic E-state index is 12.2. The smallest absolute Gasteiger partial charge is 0.251 e. The first-order valence-corrected chi connectivity index (χ1v) is 7.83. The molecule has 2 rings (SSSR count). The molecule has 20 heavy (non-hydrogen) atoms. The lowest BCUT2D eigenvalue weighted by molar-refractivity contribution is 0.0933. The van der Waals surface area contributed by atoms with Crippen molar-refractivity contribution in [1.29, 1.82) is 0 Å². The lowest BCUT2D eigenvalue weighted by Gasteiger charge is -2.16. The van der Waals surface area contributed by atoms with Crippen LogP contribution < -0.4 is 10.1 Å². The van der Waals surface area contributed by atoms with Gasteiger partial charge in [-0.2, -0.15) is 0 Å². The Labute approximate surface area is 121 Å². The Kier molecular flexibility index (Phi) is 5.90. The fraction of sp³-hybridized carbons (Fsp3) is 0.588. The zero-order chi connectivity index (χ0) is 14.2. The fourth-order valence-electron chi connectivity index (χ4n) is 2.61. The summed E-state index contributed by atoms with van der Waals surface area (Å²) in [6, 6.07) is 7.78. The van der Waals surface area contributed by atoms with Gasteiger partial charge in [0.1, 0.15) is 5.75 Å². The van der Waals surface area contributed by atoms with E-state index in [2.05, 4.69) is 12.2 Å². The number of carbonyl (C=O) groups excluding carboxylic acids is 1. The molecule has 3 heteroatoms. The molecule has 110 valence electrons. The van der Waals surface area contributed by atoms with Crippen LogP contribution in [0.3, 0.4) is 0 Å². The van der Waals surface area contributed by atoms with Crippen LogP contribution in [0.25, 0.3) is 0 Å². The van der Waals surface area contributed by atoms with E-state index in [0.717, 1.165) is 30.6 Å². The van der Waals surface area contributed by atoms with Gasteiger partial charge in [-0.15, -0.1) is 0 Å². The number of hydrogen-bond acceptors (Lipinski definition) is 2. The topological polar surface area (TPSA) is 38.3 Å². The number of rotatable bonds is 5. The predicted octanol–water partition coefficient (Wildman–Crippen LogP) is 3.93. The van der Waals surface area contributed by atoms with Gasteiger partial charge in [0.15, 0.2) is 0 Å². The van der Waals surface area contributed by atoms with Crippen LogP contribution in [0.4, 0.5) is 0 Å². The largest absolute Gasteiger partial charge is 0.494 e. The van der Waals surface area contributed by atoms with Gasteiger partial charge in [0, 0.05) is 11.6 Å². The van der Waals surface area contributed by atoms with Crippen LogP contribution in [0.5, 0.6) is 5.75 Å². The first-order valence-electron chi connectivity index (χ1n) is 7.83. The van der Waals surface area contributed by atoms with Crippen molar-refractivity contribution in [2.24, 2.45) is 0 Å². The van der Waals surface area contributed by atoms with Crippen molar-refractivity contribution >= 4 is 5.91 Å². The van der Waals surface area contributed by atoms with Crippen LogP contribution in [0.15, 0.2) is 24.3 Å². The molecule has 0 aliphatic heterocycles. The van der Waals surface area contributed by atoms with E-state index < -0.39 is 0 Å². The van der Waals surface area contributed by atoms with Gasteiger partial charge in [0.05, 0.1) is 6.61 Å². The highest BCUT2D eigenvalue weighted by Crippen LogP contribution is 2.18. The molecule has 1 aromatic rings. The SMILES string of the molecule is CCCOc1ccc(C(=O)NC2CCCCCC2)cc1. The highest BCUT2D eigenvalue weighted by molar-refractivity contribution is 5.94. The Morgan fingerprint density at radius 2 is 1.80 bits per heavy atom. The number of hydrogen-bond donors (Lipinski definition) is 1. The average Bonchev–Trinajstić information content (AvgIpc) is 2.74. The molecule has 1 aromatic carbocycles. The summed E-state index contributed by atoms with van der Waals surface area (Å²) >= 11 is 0. The molecule has 0 bridgehead atoms. The molecule has 0 atom stereocenters. The summed E-state index contributed by atoms with van der Waals surface area (Å²) in [5.74, 6) is 0.872. The third-order valence-electron chi connectivity index (χ3n) is 3.78. The normalized spacial score (nSPS) is 16.4. The van der Waals surface area contributed by atoms with E-state index in [1.165, 1.54) is 25.7 Å². The van der Waals surface area contributed by atoms with Crippen LogP contribution in [-0.2, 0) is 0 Å². The maximum Gasteiger partial charge on any atom is 0.251 e. The van der Waals surface area contributed by atoms with Crippen LogP contribution in [0.2, 0.25) is 0 Å². The average molecular weight is 275 g/mol. The van der Waals surface area contributed by atoms with E-state index >= 15 is 0 Å². The van der Waals surface area contributed by atoms with E-state index in [4.69, 9.17) is 4.74 Å². The summed E-state index contributed by atoms with van der Waals surface area (Å²) in [7, 11) is 0. The molecule has 0 aromatic heterocycles. The van der Waals surface area contributed by atoms with Crippen molar-refractivity contribution in [2.45, 2.75) is 57.9 Å². The molecule has 0 unspecified atom stereocenters. The van der Waals surface area contributed by atoms with Gasteiger partial charge < -0.3 is 10.1 Å². The number of nitrogens with one attached hydrogen (secondary N) is 1. The summed E-state index contributed by atoms with van der Waals surface area (Å²) in [6.45, 7) is 2.79. The van der Waals surface area contributed by atoms with Crippen molar-refractivity contribution in [3.05, 3.63) is 29.8 Å². The number of benzene rings is 1. The summed E-state index contributed by atoms with van der Waals surface area (Å²) in [4.78, 5) is 12.2. The van der Waals surface area contributed by atoms with Gasteiger partial charge in [0.25, 0.3) is 5.91 Å². The first-order chi connectivity index (χ1) is 9.79. The van der Waals surface area contributed by atoms with Crippen LogP contribution in [-0.4, -0.2) is 18.6 Å². The van der Waals surface area contributed by atoms with E-state index in [1.54, 1.807) is 0 Å². The Morgan fingerprint density at radius 1 is 1.15 bits per heavy atom. The van der Waals surface area contributed by atoms with E-state index in [0.29, 0.717) is 12.6 Å². The van der Waals surface area contributed by atoms with Gasteiger partial charge in [-0.3, -0.25) is 4.79 Å². The van der Waals surface area contributed by atoms with Crippen LogP contribution in [0.1, 0.15) is 62.2 Å². The number of carbonyl (C=O) groups is 1. The second-order valence-corrected chi connectivity index (χ2v) is 5.53. The molecule has 0 spiro atoms.